The zero-order chi connectivity index (χ0) is 43.5. The summed E-state index contributed by atoms with van der Waals surface area (Å²) in [5.41, 5.74) is 12.0. The molecule has 9 rings (SSSR count). The largest absolute Gasteiger partial charge is 0.507 e. The van der Waals surface area contributed by atoms with E-state index in [1.165, 1.54) is 11.1 Å². The average molecular weight is 847 g/mol. The van der Waals surface area contributed by atoms with Crippen LogP contribution in [0.15, 0.2) is 171 Å². The molecule has 1 aliphatic carbocycles. The van der Waals surface area contributed by atoms with E-state index in [1.54, 1.807) is 0 Å². The minimum absolute atomic E-state index is 0.295. The number of aromatic hydroxyl groups is 2. The van der Waals surface area contributed by atoms with Crippen LogP contribution in [0.2, 0.25) is 0 Å². The minimum atomic E-state index is 0.295. The summed E-state index contributed by atoms with van der Waals surface area (Å²) < 4.78 is 17.8. The molecule has 0 saturated heterocycles. The van der Waals surface area contributed by atoms with Crippen molar-refractivity contribution in [3.63, 3.8) is 0 Å². The summed E-state index contributed by atoms with van der Waals surface area (Å²) in [6, 6.07) is 41.2. The van der Waals surface area contributed by atoms with Gasteiger partial charge >= 0.3 is 0 Å². The molecule has 320 valence electrons. The van der Waals surface area contributed by atoms with Gasteiger partial charge in [-0.25, -0.2) is 9.13 Å². The number of unbranched alkanes of at least 4 members (excludes halogenated alkanes) is 2. The molecule has 0 amide bonds. The quantitative estimate of drug-likeness (QED) is 0.0837. The average Bonchev–Trinajstić information content (AvgIpc) is 3.33. The van der Waals surface area contributed by atoms with Gasteiger partial charge in [-0.3, -0.25) is 9.97 Å². The fraction of sp³-hybridized carbons (Fsp3) is 0.214. The van der Waals surface area contributed by atoms with Gasteiger partial charge in [-0.05, 0) is 104 Å². The van der Waals surface area contributed by atoms with Gasteiger partial charge in [0.15, 0.2) is 24.8 Å². The Labute approximate surface area is 375 Å². The van der Waals surface area contributed by atoms with Crippen molar-refractivity contribution in [1.82, 2.24) is 9.97 Å². The fourth-order valence-electron chi connectivity index (χ4n) is 8.71. The molecule has 0 saturated carbocycles. The molecule has 0 aliphatic heterocycles. The van der Waals surface area contributed by atoms with Crippen LogP contribution in [0.25, 0.3) is 22.3 Å². The van der Waals surface area contributed by atoms with Gasteiger partial charge in [0.25, 0.3) is 0 Å². The number of ether oxygens (including phenoxy) is 2. The number of phenolic OH excluding ortho intramolecular Hbond substituents is 2. The van der Waals surface area contributed by atoms with Gasteiger partial charge in [-0.1, -0.05) is 72.8 Å². The summed E-state index contributed by atoms with van der Waals surface area (Å²) in [6.45, 7) is 2.86. The van der Waals surface area contributed by atoms with Gasteiger partial charge in [0.2, 0.25) is 0 Å². The number of rotatable bonds is 14. The lowest BCUT2D eigenvalue weighted by molar-refractivity contribution is -0.697. The fourth-order valence-corrected chi connectivity index (χ4v) is 8.71. The molecule has 0 radical (unpaired) electrons. The van der Waals surface area contributed by atoms with Crippen LogP contribution in [0.4, 0.5) is 0 Å². The van der Waals surface area contributed by atoms with Crippen molar-refractivity contribution in [3.05, 3.63) is 215 Å². The highest BCUT2D eigenvalue weighted by atomic mass is 16.5. The zero-order valence-corrected chi connectivity index (χ0v) is 36.2. The molecular formula is C56H54N4O4+2. The van der Waals surface area contributed by atoms with Crippen molar-refractivity contribution in [2.24, 2.45) is 0 Å². The van der Waals surface area contributed by atoms with Crippen LogP contribution in [0, 0.1) is 0 Å². The van der Waals surface area contributed by atoms with Gasteiger partial charge in [-0.2, -0.15) is 0 Å². The molecule has 2 N–H and O–H groups in total. The molecule has 4 aromatic carbocycles. The third kappa shape index (κ3) is 10.1. The van der Waals surface area contributed by atoms with Crippen LogP contribution in [-0.2, 0) is 38.8 Å². The van der Waals surface area contributed by atoms with Crippen molar-refractivity contribution in [1.29, 1.82) is 0 Å². The van der Waals surface area contributed by atoms with Gasteiger partial charge < -0.3 is 19.7 Å². The number of hydrogen-bond acceptors (Lipinski definition) is 6. The van der Waals surface area contributed by atoms with E-state index in [4.69, 9.17) is 9.47 Å². The number of nitrogens with zero attached hydrogens (tertiary/aromatic N) is 4. The van der Waals surface area contributed by atoms with Gasteiger partial charge in [-0.15, -0.1) is 0 Å². The number of aryl methyl sites for hydroxylation is 2. The zero-order valence-electron chi connectivity index (χ0n) is 36.2. The lowest BCUT2D eigenvalue weighted by atomic mass is 9.91. The predicted molar refractivity (Wildman–Crippen MR) is 250 cm³/mol. The lowest BCUT2D eigenvalue weighted by Crippen LogP contribution is -2.32. The second-order valence-corrected chi connectivity index (χ2v) is 16.6. The Morgan fingerprint density at radius 3 is 1.00 bits per heavy atom. The number of fused-ring (bicyclic) bond motifs is 8. The molecule has 64 heavy (non-hydrogen) atoms. The van der Waals surface area contributed by atoms with Crippen LogP contribution < -0.4 is 18.6 Å². The van der Waals surface area contributed by atoms with E-state index in [9.17, 15) is 10.2 Å². The molecule has 8 nitrogen and oxygen atoms in total. The summed E-state index contributed by atoms with van der Waals surface area (Å²) in [6.07, 6.45) is 21.4. The maximum absolute atomic E-state index is 11.9. The van der Waals surface area contributed by atoms with Gasteiger partial charge in [0.05, 0.1) is 13.2 Å². The van der Waals surface area contributed by atoms with Crippen molar-refractivity contribution in [3.8, 4) is 45.3 Å². The molecule has 4 heterocycles. The smallest absolute Gasteiger partial charge is 0.169 e. The topological polar surface area (TPSA) is 92.5 Å². The lowest BCUT2D eigenvalue weighted by Gasteiger charge is -2.20. The first kappa shape index (κ1) is 42.0. The maximum Gasteiger partial charge on any atom is 0.169 e. The van der Waals surface area contributed by atoms with Crippen molar-refractivity contribution < 1.29 is 28.8 Å². The first-order chi connectivity index (χ1) is 31.6. The first-order valence-corrected chi connectivity index (χ1v) is 22.4. The Kier molecular flexibility index (Phi) is 13.3. The van der Waals surface area contributed by atoms with Crippen LogP contribution in [-0.4, -0.2) is 33.4 Å². The highest BCUT2D eigenvalue weighted by Crippen LogP contribution is 2.38. The number of aromatic nitrogens is 4. The van der Waals surface area contributed by atoms with Gasteiger partial charge in [0, 0.05) is 87.6 Å². The van der Waals surface area contributed by atoms with Crippen LogP contribution in [0.5, 0.6) is 23.0 Å². The molecule has 8 aromatic rings. The molecular weight excluding hydrogens is 793 g/mol. The summed E-state index contributed by atoms with van der Waals surface area (Å²) in [5.74, 6) is 2.23. The summed E-state index contributed by atoms with van der Waals surface area (Å²) in [4.78, 5) is 8.27. The van der Waals surface area contributed by atoms with E-state index >= 15 is 0 Å². The predicted octanol–water partition coefficient (Wildman–Crippen LogP) is 10.2. The van der Waals surface area contributed by atoms with Crippen molar-refractivity contribution in [2.45, 2.75) is 64.5 Å². The van der Waals surface area contributed by atoms with E-state index in [0.717, 1.165) is 106 Å². The summed E-state index contributed by atoms with van der Waals surface area (Å²) in [5, 5.41) is 23.8. The second kappa shape index (κ2) is 20.2. The SMILES string of the molecule is Oc1c2cccc1Cc1cccc(c1OCCCC[n+]1ccc(-c3ccncc3)cc1)Cc1cccc(c1O)Cc1cccc(c1OCCCC[n+]1ccc(-c3ccncc3)cc1)C2. The number of pyridine rings is 4. The molecule has 4 aromatic heterocycles. The van der Waals surface area contributed by atoms with Crippen LogP contribution in [0.3, 0.4) is 0 Å². The molecule has 0 unspecified atom stereocenters. The summed E-state index contributed by atoms with van der Waals surface area (Å²) >= 11 is 0. The van der Waals surface area contributed by atoms with E-state index in [-0.39, 0.29) is 0 Å². The third-order valence-electron chi connectivity index (χ3n) is 12.2. The standard InChI is InChI=1S/C56H52N4O4/c61-53-45-9-5-11-47(53)39-51-15-8-16-52(56(51)64-36-4-2-30-60-33-23-44(24-34-60)42-19-27-58-28-20-42)40-48-12-6-10-46(54(48)62)38-50-14-7-13-49(37-45)55(50)63-35-3-1-29-59-31-21-43(22-32-59)41-17-25-57-26-18-41/h5-28,31-34H,1-4,29-30,35-40H2/p+2. The van der Waals surface area contributed by atoms with E-state index in [2.05, 4.69) is 105 Å². The third-order valence-corrected chi connectivity index (χ3v) is 12.2. The first-order valence-electron chi connectivity index (χ1n) is 22.4. The maximum atomic E-state index is 11.9. The summed E-state index contributed by atoms with van der Waals surface area (Å²) in [7, 11) is 0. The number of benzene rings is 4. The van der Waals surface area contributed by atoms with Crippen molar-refractivity contribution >= 4 is 0 Å². The molecule has 8 heteroatoms. The Bertz CT molecular complexity index is 2520. The van der Waals surface area contributed by atoms with Crippen LogP contribution >= 0.6 is 0 Å². The molecule has 0 fully saturated rings. The monoisotopic (exact) mass is 846 g/mol. The molecule has 8 bridgehead atoms. The number of para-hydroxylation sites is 4. The van der Waals surface area contributed by atoms with Gasteiger partial charge in [0.1, 0.15) is 36.1 Å². The minimum Gasteiger partial charge on any atom is -0.507 e. The number of phenols is 2. The van der Waals surface area contributed by atoms with Crippen LogP contribution in [0.1, 0.15) is 70.2 Å². The highest BCUT2D eigenvalue weighted by Gasteiger charge is 2.20. The molecule has 0 spiro atoms. The second-order valence-electron chi connectivity index (χ2n) is 16.6. The van der Waals surface area contributed by atoms with E-state index < -0.39 is 0 Å². The Morgan fingerprint density at radius 1 is 0.375 bits per heavy atom. The van der Waals surface area contributed by atoms with E-state index in [1.807, 2.05) is 85.5 Å². The Morgan fingerprint density at radius 2 is 0.672 bits per heavy atom. The Hall–Kier alpha value is -7.32. The Balaban J connectivity index is 0.912. The van der Waals surface area contributed by atoms with E-state index in [0.29, 0.717) is 50.4 Å². The molecule has 0 atom stereocenters. The normalized spacial score (nSPS) is 12.1. The molecule has 1 aliphatic rings. The number of hydrogen-bond donors (Lipinski definition) is 2. The van der Waals surface area contributed by atoms with Crippen molar-refractivity contribution in [2.75, 3.05) is 13.2 Å². The highest BCUT2D eigenvalue weighted by molar-refractivity contribution is 5.62.